The van der Waals surface area contributed by atoms with Crippen molar-refractivity contribution in [2.75, 3.05) is 0 Å². The van der Waals surface area contributed by atoms with E-state index in [1.54, 1.807) is 27.0 Å². The highest BCUT2D eigenvalue weighted by Crippen LogP contribution is 2.41. The molecule has 5 aromatic rings. The van der Waals surface area contributed by atoms with Gasteiger partial charge >= 0.3 is 12.1 Å². The van der Waals surface area contributed by atoms with Gasteiger partial charge in [-0.15, -0.1) is 0 Å². The van der Waals surface area contributed by atoms with Crippen molar-refractivity contribution >= 4 is 57.4 Å². The van der Waals surface area contributed by atoms with Crippen LogP contribution in [0.15, 0.2) is 103 Å². The van der Waals surface area contributed by atoms with Crippen molar-refractivity contribution in [3.8, 4) is 0 Å². The number of aliphatic carboxylic acids is 1. The zero-order valence-corrected chi connectivity index (χ0v) is 32.8. The molecule has 302 valence electrons. The van der Waals surface area contributed by atoms with Crippen LogP contribution >= 0.6 is 0 Å². The second-order valence-electron chi connectivity index (χ2n) is 15.8. The number of nitrogens with one attached hydrogen (secondary N) is 3. The van der Waals surface area contributed by atoms with Crippen molar-refractivity contribution in [1.82, 2.24) is 20.5 Å². The Bertz CT molecular complexity index is 2320. The Morgan fingerprint density at radius 2 is 1.50 bits per heavy atom. The molecule has 6 rings (SSSR count). The number of aromatic amines is 1. The third-order valence-corrected chi connectivity index (χ3v) is 10.4. The van der Waals surface area contributed by atoms with E-state index in [4.69, 9.17) is 10.5 Å². The first-order valence-electron chi connectivity index (χ1n) is 19.4. The number of ether oxygens (including phenoxy) is 1. The normalized spacial score (nSPS) is 16.9. The van der Waals surface area contributed by atoms with Crippen molar-refractivity contribution in [1.29, 1.82) is 0 Å². The minimum atomic E-state index is -1.87. The lowest BCUT2D eigenvalue weighted by Crippen LogP contribution is -2.61. The molecule has 0 saturated heterocycles. The van der Waals surface area contributed by atoms with Crippen LogP contribution in [0.5, 0.6) is 0 Å². The Morgan fingerprint density at radius 3 is 2.22 bits per heavy atom. The Morgan fingerprint density at radius 1 is 0.828 bits per heavy atom. The first-order chi connectivity index (χ1) is 27.7. The Kier molecular flexibility index (Phi) is 12.7. The second-order valence-corrected chi connectivity index (χ2v) is 15.8. The number of imide groups is 3. The van der Waals surface area contributed by atoms with Gasteiger partial charge in [-0.25, -0.2) is 9.69 Å². The van der Waals surface area contributed by atoms with Crippen LogP contribution in [0.3, 0.4) is 0 Å². The predicted molar refractivity (Wildman–Crippen MR) is 218 cm³/mol. The van der Waals surface area contributed by atoms with E-state index in [9.17, 15) is 33.9 Å². The number of nitrogens with zero attached hydrogens (tertiary/aromatic N) is 1. The fourth-order valence-corrected chi connectivity index (χ4v) is 7.69. The number of nitrogens with two attached hydrogens (primary N) is 1. The Balaban J connectivity index is 1.35. The number of fused-ring (bicyclic) bond motifs is 2. The fourth-order valence-electron chi connectivity index (χ4n) is 7.69. The average Bonchev–Trinajstić information content (AvgIpc) is 3.85. The molecule has 0 aliphatic heterocycles. The van der Waals surface area contributed by atoms with Crippen molar-refractivity contribution < 1.29 is 38.6 Å². The lowest BCUT2D eigenvalue weighted by Gasteiger charge is -2.32. The predicted octanol–water partition coefficient (Wildman–Crippen LogP) is 5.75. The van der Waals surface area contributed by atoms with Gasteiger partial charge < -0.3 is 31.2 Å². The van der Waals surface area contributed by atoms with Crippen LogP contribution in [0.1, 0.15) is 69.1 Å². The van der Waals surface area contributed by atoms with Gasteiger partial charge in [-0.3, -0.25) is 24.0 Å². The first-order valence-corrected chi connectivity index (χ1v) is 19.4. The number of benzene rings is 4. The molecule has 1 saturated carbocycles. The summed E-state index contributed by atoms with van der Waals surface area (Å²) in [6.07, 6.45) is 1.20. The van der Waals surface area contributed by atoms with E-state index in [2.05, 4.69) is 15.6 Å². The highest BCUT2D eigenvalue weighted by atomic mass is 16.6. The molecule has 13 nitrogen and oxygen atoms in total. The number of aromatic nitrogens is 1. The summed E-state index contributed by atoms with van der Waals surface area (Å²) in [4.78, 5) is 87.4. The zero-order valence-electron chi connectivity index (χ0n) is 32.8. The van der Waals surface area contributed by atoms with E-state index in [1.165, 1.54) is 0 Å². The number of para-hydroxylation sites is 1. The molecule has 4 aromatic carbocycles. The maximum atomic E-state index is 15.0. The smallest absolute Gasteiger partial charge is 0.408 e. The maximum absolute atomic E-state index is 15.0. The van der Waals surface area contributed by atoms with Gasteiger partial charge in [0, 0.05) is 29.4 Å². The number of carbonyl (C=O) groups excluding carboxylic acids is 5. The molecular weight excluding hydrogens is 739 g/mol. The standard InChI is InChI=1S/C45H49N5O8/c1-45(2,3)58-44(57)49-37(24-31-26-47-36-19-10-9-16-33(31)36)42(55)50(41(54)34-18-11-17-32(34)29-13-5-4-6-14-29)43(56)38(25-39(51)52)48-40(53)35(46)23-27-20-21-28-12-7-8-15-30(28)22-27/h4-10,12-16,19-22,26,32,34-35,37-38,47H,11,17-18,23-25,46H2,1-3H3,(H,48,53)(H,49,57)(H,51,52)/t32-,34-,35+,37+,38+/m1/s1. The lowest BCUT2D eigenvalue weighted by molar-refractivity contribution is -0.160. The van der Waals surface area contributed by atoms with Gasteiger partial charge in [-0.05, 0) is 79.5 Å². The third-order valence-electron chi connectivity index (χ3n) is 10.4. The van der Waals surface area contributed by atoms with E-state index in [0.717, 1.165) is 32.8 Å². The number of hydrogen-bond acceptors (Lipinski definition) is 8. The number of carboxylic acids is 1. The number of alkyl carbamates (subject to hydrolysis) is 1. The summed E-state index contributed by atoms with van der Waals surface area (Å²) >= 11 is 0. The topological polar surface area (TPSA) is 201 Å². The number of rotatable bonds is 13. The van der Waals surface area contributed by atoms with Gasteiger partial charge in [0.05, 0.1) is 12.5 Å². The summed E-state index contributed by atoms with van der Waals surface area (Å²) in [7, 11) is 0. The molecule has 0 spiro atoms. The van der Waals surface area contributed by atoms with Gasteiger partial charge in [0.25, 0.3) is 11.8 Å². The third kappa shape index (κ3) is 9.96. The van der Waals surface area contributed by atoms with Crippen LogP contribution in [-0.2, 0) is 41.6 Å². The van der Waals surface area contributed by atoms with Crippen molar-refractivity contribution in [2.24, 2.45) is 11.7 Å². The molecule has 5 amide bonds. The van der Waals surface area contributed by atoms with Crippen LogP contribution < -0.4 is 16.4 Å². The molecule has 1 aliphatic carbocycles. The molecule has 0 radical (unpaired) electrons. The number of carbonyl (C=O) groups is 6. The van der Waals surface area contributed by atoms with Crippen molar-refractivity contribution in [3.63, 3.8) is 0 Å². The monoisotopic (exact) mass is 787 g/mol. The molecular formula is C45H49N5O8. The first kappa shape index (κ1) is 41.3. The number of carboxylic acid groups (broad SMARTS) is 1. The fraction of sp³-hybridized carbons (Fsp3) is 0.333. The lowest BCUT2D eigenvalue weighted by atomic mass is 9.87. The number of amides is 5. The van der Waals surface area contributed by atoms with Crippen molar-refractivity contribution in [3.05, 3.63) is 120 Å². The SMILES string of the molecule is CC(C)(C)OC(=O)N[C@@H](Cc1c[nH]c2ccccc12)C(=O)N(C(=O)[C@H](CC(=O)O)NC(=O)[C@@H](N)Cc1ccc2ccccc2c1)C(=O)[C@@H]1CCC[C@@H]1c1ccccc1. The summed E-state index contributed by atoms with van der Waals surface area (Å²) in [6, 6.07) is 25.2. The van der Waals surface area contributed by atoms with E-state index >= 15 is 0 Å². The van der Waals surface area contributed by atoms with Crippen LogP contribution in [0.2, 0.25) is 0 Å². The minimum absolute atomic E-state index is 0.0551. The van der Waals surface area contributed by atoms with Crippen LogP contribution in [0.4, 0.5) is 4.79 Å². The van der Waals surface area contributed by atoms with Gasteiger partial charge in [-0.2, -0.15) is 0 Å². The average molecular weight is 788 g/mol. The van der Waals surface area contributed by atoms with Gasteiger partial charge in [0.1, 0.15) is 17.7 Å². The summed E-state index contributed by atoms with van der Waals surface area (Å²) in [5.41, 5.74) is 8.31. The molecule has 6 N–H and O–H groups in total. The van der Waals surface area contributed by atoms with Crippen LogP contribution in [0, 0.1) is 5.92 Å². The Labute approximate surface area is 336 Å². The number of H-pyrrole nitrogens is 1. The second kappa shape index (κ2) is 17.9. The van der Waals surface area contributed by atoms with Crippen LogP contribution in [-0.4, -0.2) is 74.4 Å². The molecule has 1 aromatic heterocycles. The van der Waals surface area contributed by atoms with Crippen LogP contribution in [0.25, 0.3) is 21.7 Å². The largest absolute Gasteiger partial charge is 0.481 e. The molecule has 1 aliphatic rings. The molecule has 1 heterocycles. The highest BCUT2D eigenvalue weighted by molar-refractivity contribution is 6.16. The summed E-state index contributed by atoms with van der Waals surface area (Å²) in [5.74, 6) is -6.73. The van der Waals surface area contributed by atoms with Gasteiger partial charge in [0.2, 0.25) is 11.8 Å². The quantitative estimate of drug-likeness (QED) is 0.0985. The summed E-state index contributed by atoms with van der Waals surface area (Å²) in [6.45, 7) is 4.95. The van der Waals surface area contributed by atoms with Gasteiger partial charge in [0.15, 0.2) is 0 Å². The molecule has 58 heavy (non-hydrogen) atoms. The molecule has 13 heteroatoms. The maximum Gasteiger partial charge on any atom is 0.408 e. The molecule has 1 fully saturated rings. The van der Waals surface area contributed by atoms with Gasteiger partial charge in [-0.1, -0.05) is 97.4 Å². The molecule has 5 atom stereocenters. The van der Waals surface area contributed by atoms with Crippen molar-refractivity contribution in [2.45, 2.75) is 88.9 Å². The minimum Gasteiger partial charge on any atom is -0.481 e. The summed E-state index contributed by atoms with van der Waals surface area (Å²) in [5, 5.41) is 17.7. The highest BCUT2D eigenvalue weighted by Gasteiger charge is 2.45. The Hall–Kier alpha value is -6.34. The number of hydrogen-bond donors (Lipinski definition) is 5. The summed E-state index contributed by atoms with van der Waals surface area (Å²) < 4.78 is 5.50. The molecule has 0 unspecified atom stereocenters. The van der Waals surface area contributed by atoms with E-state index in [1.807, 2.05) is 97.1 Å². The van der Waals surface area contributed by atoms with E-state index in [-0.39, 0.29) is 18.8 Å². The molecule has 0 bridgehead atoms. The van der Waals surface area contributed by atoms with E-state index in [0.29, 0.717) is 29.7 Å². The van der Waals surface area contributed by atoms with E-state index < -0.39 is 71.8 Å². The zero-order chi connectivity index (χ0) is 41.6.